The first kappa shape index (κ1) is 14.8. The number of amides is 1. The number of hydrogen-bond acceptors (Lipinski definition) is 3. The van der Waals surface area contributed by atoms with Crippen LogP contribution in [-0.4, -0.2) is 10.9 Å². The highest BCUT2D eigenvalue weighted by atomic mass is 32.1. The molecule has 3 nitrogen and oxygen atoms in total. The number of aromatic nitrogens is 1. The van der Waals surface area contributed by atoms with E-state index in [1.165, 1.54) is 33.6 Å². The molecule has 2 unspecified atom stereocenters. The average molecular weight is 346 g/mol. The molecule has 0 aliphatic heterocycles. The van der Waals surface area contributed by atoms with Crippen molar-refractivity contribution in [1.29, 1.82) is 0 Å². The van der Waals surface area contributed by atoms with Crippen LogP contribution in [0.4, 0.5) is 5.13 Å². The molecule has 1 N–H and O–H groups in total. The van der Waals surface area contributed by atoms with Crippen LogP contribution < -0.4 is 5.32 Å². The minimum absolute atomic E-state index is 0.0706. The molecule has 1 amide bonds. The summed E-state index contributed by atoms with van der Waals surface area (Å²) in [6.45, 7) is 2.22. The number of hydrogen-bond donors (Lipinski definition) is 1. The van der Waals surface area contributed by atoms with Crippen molar-refractivity contribution in [2.75, 3.05) is 5.32 Å². The van der Waals surface area contributed by atoms with Gasteiger partial charge in [-0.05, 0) is 28.2 Å². The van der Waals surface area contributed by atoms with Crippen molar-refractivity contribution in [2.45, 2.75) is 18.8 Å². The predicted molar refractivity (Wildman–Crippen MR) is 100.0 cm³/mol. The predicted octanol–water partition coefficient (Wildman–Crippen LogP) is 4.62. The molecule has 3 aromatic rings. The zero-order chi connectivity index (χ0) is 17.0. The van der Waals surface area contributed by atoms with Gasteiger partial charge in [0.05, 0.1) is 5.92 Å². The van der Waals surface area contributed by atoms with E-state index in [2.05, 4.69) is 65.8 Å². The van der Waals surface area contributed by atoms with Gasteiger partial charge in [-0.3, -0.25) is 4.79 Å². The van der Waals surface area contributed by atoms with E-state index in [0.717, 1.165) is 0 Å². The molecule has 0 radical (unpaired) electrons. The Hall–Kier alpha value is -2.46. The molecule has 2 atom stereocenters. The molecule has 0 spiro atoms. The van der Waals surface area contributed by atoms with Gasteiger partial charge in [-0.25, -0.2) is 4.98 Å². The molecule has 1 heterocycles. The summed E-state index contributed by atoms with van der Waals surface area (Å²) < 4.78 is 0. The van der Waals surface area contributed by atoms with Crippen molar-refractivity contribution in [3.05, 3.63) is 82.4 Å². The summed E-state index contributed by atoms with van der Waals surface area (Å²) in [6, 6.07) is 17.2. The molecular formula is C21H18N2OS. The van der Waals surface area contributed by atoms with Crippen LogP contribution in [0, 0.1) is 11.8 Å². The topological polar surface area (TPSA) is 42.0 Å². The minimum atomic E-state index is -0.0706. The second-order valence-corrected chi connectivity index (χ2v) is 7.82. The molecule has 6 rings (SSSR count). The fraction of sp³-hybridized carbons (Fsp3) is 0.238. The van der Waals surface area contributed by atoms with Gasteiger partial charge in [-0.1, -0.05) is 55.5 Å². The van der Waals surface area contributed by atoms with Gasteiger partial charge in [0, 0.05) is 23.4 Å². The molecule has 2 aromatic carbocycles. The molecule has 124 valence electrons. The Morgan fingerprint density at radius 3 is 2.04 bits per heavy atom. The van der Waals surface area contributed by atoms with E-state index in [0.29, 0.717) is 5.13 Å². The highest BCUT2D eigenvalue weighted by Crippen LogP contribution is 2.58. The molecule has 0 saturated carbocycles. The standard InChI is InChI=1S/C21H18N2OS/c1-12-17-13-6-2-4-8-15(13)19(16-9-5-3-7-14(16)17)18(12)20(24)23-21-22-10-11-25-21/h2-12,17-19H,1H3,(H,22,23,24). The van der Waals surface area contributed by atoms with Crippen LogP contribution >= 0.6 is 11.3 Å². The SMILES string of the molecule is CC1C2c3ccccc3C(c3ccccc32)C1C(=O)Nc1nccs1. The molecular weight excluding hydrogens is 328 g/mol. The van der Waals surface area contributed by atoms with E-state index >= 15 is 0 Å². The Kier molecular flexibility index (Phi) is 3.28. The molecule has 0 fully saturated rings. The normalized spacial score (nSPS) is 26.0. The van der Waals surface area contributed by atoms with Crippen LogP contribution in [0.1, 0.15) is 41.0 Å². The number of benzene rings is 2. The summed E-state index contributed by atoms with van der Waals surface area (Å²) in [6.07, 6.45) is 1.72. The first-order valence-electron chi connectivity index (χ1n) is 8.63. The lowest BCUT2D eigenvalue weighted by molar-refractivity contribution is -0.122. The smallest absolute Gasteiger partial charge is 0.230 e. The zero-order valence-electron chi connectivity index (χ0n) is 13.8. The van der Waals surface area contributed by atoms with Crippen LogP contribution in [0.3, 0.4) is 0 Å². The number of rotatable bonds is 2. The van der Waals surface area contributed by atoms with Gasteiger partial charge in [0.15, 0.2) is 5.13 Å². The van der Waals surface area contributed by atoms with Crippen LogP contribution in [0.25, 0.3) is 0 Å². The first-order valence-corrected chi connectivity index (χ1v) is 9.51. The summed E-state index contributed by atoms with van der Waals surface area (Å²) in [5.41, 5.74) is 5.39. The van der Waals surface area contributed by atoms with Crippen LogP contribution in [0.15, 0.2) is 60.1 Å². The van der Waals surface area contributed by atoms with Crippen LogP contribution in [0.5, 0.6) is 0 Å². The van der Waals surface area contributed by atoms with E-state index in [-0.39, 0.29) is 29.6 Å². The van der Waals surface area contributed by atoms with Gasteiger partial charge < -0.3 is 5.32 Å². The molecule has 0 saturated heterocycles. The average Bonchev–Trinajstić information content (AvgIpc) is 3.14. The maximum atomic E-state index is 13.1. The quantitative estimate of drug-likeness (QED) is 0.735. The number of anilines is 1. The van der Waals surface area contributed by atoms with Gasteiger partial charge in [0.2, 0.25) is 5.91 Å². The van der Waals surface area contributed by atoms with E-state index in [9.17, 15) is 4.79 Å². The molecule has 3 aliphatic carbocycles. The van der Waals surface area contributed by atoms with E-state index < -0.39 is 0 Å². The van der Waals surface area contributed by atoms with Crippen molar-refractivity contribution >= 4 is 22.4 Å². The Balaban J connectivity index is 1.64. The third-order valence-corrected chi connectivity index (χ3v) is 6.44. The Morgan fingerprint density at radius 1 is 0.960 bits per heavy atom. The number of carbonyl (C=O) groups excluding carboxylic acids is 1. The molecule has 1 aromatic heterocycles. The number of thiazole rings is 1. The van der Waals surface area contributed by atoms with Gasteiger partial charge in [-0.15, -0.1) is 11.3 Å². The molecule has 25 heavy (non-hydrogen) atoms. The summed E-state index contributed by atoms with van der Waals surface area (Å²) in [4.78, 5) is 17.4. The molecule has 2 bridgehead atoms. The summed E-state index contributed by atoms with van der Waals surface area (Å²) in [7, 11) is 0. The lowest BCUT2D eigenvalue weighted by Crippen LogP contribution is -2.44. The lowest BCUT2D eigenvalue weighted by atomic mass is 9.54. The highest BCUT2D eigenvalue weighted by molar-refractivity contribution is 7.13. The second-order valence-electron chi connectivity index (χ2n) is 6.92. The van der Waals surface area contributed by atoms with Crippen molar-refractivity contribution in [3.63, 3.8) is 0 Å². The fourth-order valence-electron chi connectivity index (χ4n) is 4.82. The summed E-state index contributed by atoms with van der Waals surface area (Å²) in [5.74, 6) is 0.673. The fourth-order valence-corrected chi connectivity index (χ4v) is 5.35. The first-order chi connectivity index (χ1) is 12.3. The Labute approximate surface area is 150 Å². The maximum absolute atomic E-state index is 13.1. The van der Waals surface area contributed by atoms with Crippen molar-refractivity contribution < 1.29 is 4.79 Å². The third kappa shape index (κ3) is 2.10. The monoisotopic (exact) mass is 346 g/mol. The number of nitrogens with zero attached hydrogens (tertiary/aromatic N) is 1. The molecule has 4 heteroatoms. The molecule has 3 aliphatic rings. The van der Waals surface area contributed by atoms with Crippen molar-refractivity contribution in [2.24, 2.45) is 11.8 Å². The Morgan fingerprint density at radius 2 is 1.52 bits per heavy atom. The minimum Gasteiger partial charge on any atom is -0.302 e. The largest absolute Gasteiger partial charge is 0.302 e. The van der Waals surface area contributed by atoms with E-state index in [1.807, 2.05) is 5.38 Å². The van der Waals surface area contributed by atoms with Crippen LogP contribution in [0.2, 0.25) is 0 Å². The van der Waals surface area contributed by atoms with Gasteiger partial charge in [0.25, 0.3) is 0 Å². The lowest BCUT2D eigenvalue weighted by Gasteiger charge is -2.48. The van der Waals surface area contributed by atoms with E-state index in [4.69, 9.17) is 0 Å². The number of carbonyl (C=O) groups is 1. The van der Waals surface area contributed by atoms with Gasteiger partial charge in [-0.2, -0.15) is 0 Å². The van der Waals surface area contributed by atoms with Crippen molar-refractivity contribution in [1.82, 2.24) is 4.98 Å². The second kappa shape index (κ2) is 5.53. The van der Waals surface area contributed by atoms with Crippen LogP contribution in [-0.2, 0) is 4.79 Å². The Bertz CT molecular complexity index is 903. The highest BCUT2D eigenvalue weighted by Gasteiger charge is 2.50. The number of fused-ring (bicyclic) bond motifs is 1. The van der Waals surface area contributed by atoms with Gasteiger partial charge in [0.1, 0.15) is 0 Å². The van der Waals surface area contributed by atoms with Crippen molar-refractivity contribution in [3.8, 4) is 0 Å². The van der Waals surface area contributed by atoms with Gasteiger partial charge >= 0.3 is 0 Å². The summed E-state index contributed by atoms with van der Waals surface area (Å²) in [5, 5.41) is 5.60. The summed E-state index contributed by atoms with van der Waals surface area (Å²) >= 11 is 1.46. The zero-order valence-corrected chi connectivity index (χ0v) is 14.7. The third-order valence-electron chi connectivity index (χ3n) is 5.75. The number of nitrogens with one attached hydrogen (secondary N) is 1. The van der Waals surface area contributed by atoms with E-state index in [1.54, 1.807) is 6.20 Å². The maximum Gasteiger partial charge on any atom is 0.230 e.